The van der Waals surface area contributed by atoms with E-state index in [1.807, 2.05) is 35.2 Å². The van der Waals surface area contributed by atoms with Crippen LogP contribution in [0.4, 0.5) is 0 Å². The minimum Gasteiger partial charge on any atom is -0.379 e. The molecule has 0 bridgehead atoms. The first kappa shape index (κ1) is 35.5. The van der Waals surface area contributed by atoms with Gasteiger partial charge in [0.25, 0.3) is 0 Å². The number of benzene rings is 3. The number of morpholine rings is 1. The monoisotopic (exact) mass is 779 g/mol. The zero-order valence-electron chi connectivity index (χ0n) is 31.2. The molecule has 3 N–H and O–H groups in total. The summed E-state index contributed by atoms with van der Waals surface area (Å²) < 4.78 is 12.8. The van der Waals surface area contributed by atoms with Gasteiger partial charge in [0.15, 0.2) is 0 Å². The van der Waals surface area contributed by atoms with E-state index in [2.05, 4.69) is 138 Å². The number of hydrogen-bond donors (Lipinski definition) is 3. The summed E-state index contributed by atoms with van der Waals surface area (Å²) in [6, 6.07) is 28.0. The zero-order valence-corrected chi connectivity index (χ0v) is 32.9. The van der Waals surface area contributed by atoms with E-state index < -0.39 is 5.41 Å². The normalized spacial score (nSPS) is 16.8. The molecular formula is C44H45N9OS2. The Morgan fingerprint density at radius 2 is 1.50 bits per heavy atom. The maximum Gasteiger partial charge on any atom is 0.111 e. The lowest BCUT2D eigenvalue weighted by molar-refractivity contribution is 0.0306. The fourth-order valence-electron chi connectivity index (χ4n) is 8.51. The predicted octanol–water partition coefficient (Wildman–Crippen LogP) is 8.08. The number of nitrogens with one attached hydrogen (secondary N) is 3. The van der Waals surface area contributed by atoms with Crippen molar-refractivity contribution in [2.24, 2.45) is 0 Å². The molecule has 1 aliphatic carbocycles. The predicted molar refractivity (Wildman–Crippen MR) is 228 cm³/mol. The smallest absolute Gasteiger partial charge is 0.111 e. The summed E-state index contributed by atoms with van der Waals surface area (Å²) in [6.07, 6.45) is 14.9. The minimum absolute atomic E-state index is 0.00510. The van der Waals surface area contributed by atoms with E-state index in [0.29, 0.717) is 0 Å². The average molecular weight is 780 g/mol. The Morgan fingerprint density at radius 3 is 2.14 bits per heavy atom. The van der Waals surface area contributed by atoms with E-state index in [1.54, 1.807) is 0 Å². The summed E-state index contributed by atoms with van der Waals surface area (Å²) in [5, 5.41) is 23.6. The van der Waals surface area contributed by atoms with Gasteiger partial charge in [-0.1, -0.05) is 85.0 Å². The van der Waals surface area contributed by atoms with Gasteiger partial charge >= 0.3 is 0 Å². The van der Waals surface area contributed by atoms with E-state index >= 15 is 0 Å². The van der Waals surface area contributed by atoms with Crippen LogP contribution in [-0.2, 0) is 23.2 Å². The highest BCUT2D eigenvalue weighted by molar-refractivity contribution is 7.26. The standard InChI is InChI=1S/C44H45N9OS2/c1-2-9-31(10-3-1)29-46-43(53(21-8-20-52-22-19-45-30-52)24-23-51-25-27-54-28-26-51)32-15-17-44(18-16-32,41-39-37(47-49-41)33-11-4-6-13-35(33)55-39)42-40-38(48-50-42)34-12-5-7-14-36(34)56-40/h1-7,9-17,19,22,30,43,46H,8,18,20-21,23-29H2,(H,47,49)(H,48,50). The first-order valence-corrected chi connectivity index (χ1v) is 21.3. The molecule has 1 aliphatic heterocycles. The molecular weight excluding hydrogens is 735 g/mol. The zero-order chi connectivity index (χ0) is 37.3. The summed E-state index contributed by atoms with van der Waals surface area (Å²) in [6.45, 7) is 8.12. The Balaban J connectivity index is 1.05. The lowest BCUT2D eigenvalue weighted by Gasteiger charge is -2.38. The maximum atomic E-state index is 5.70. The van der Waals surface area contributed by atoms with Crippen LogP contribution in [0.5, 0.6) is 0 Å². The van der Waals surface area contributed by atoms with Crippen molar-refractivity contribution in [1.29, 1.82) is 0 Å². The number of rotatable bonds is 14. The third-order valence-electron chi connectivity index (χ3n) is 11.5. The summed E-state index contributed by atoms with van der Waals surface area (Å²) in [4.78, 5) is 9.49. The molecule has 2 aliphatic rings. The van der Waals surface area contributed by atoms with Gasteiger partial charge in [-0.25, -0.2) is 4.98 Å². The number of fused-ring (bicyclic) bond motifs is 6. The highest BCUT2D eigenvalue weighted by atomic mass is 32.1. The number of H-pyrrole nitrogens is 2. The fraction of sp³-hybridized carbons (Fsp3) is 0.295. The number of allylic oxidation sites excluding steroid dienone is 2. The van der Waals surface area contributed by atoms with Crippen LogP contribution < -0.4 is 5.32 Å². The Hall–Kier alpha value is -4.95. The molecule has 12 heteroatoms. The van der Waals surface area contributed by atoms with E-state index in [-0.39, 0.29) is 6.17 Å². The van der Waals surface area contributed by atoms with Gasteiger partial charge < -0.3 is 9.30 Å². The van der Waals surface area contributed by atoms with Gasteiger partial charge in [0, 0.05) is 78.4 Å². The number of aromatic nitrogens is 6. The van der Waals surface area contributed by atoms with Crippen molar-refractivity contribution >= 4 is 63.3 Å². The minimum atomic E-state index is -0.529. The molecule has 1 saturated heterocycles. The van der Waals surface area contributed by atoms with Crippen LogP contribution in [0, 0.1) is 0 Å². The van der Waals surface area contributed by atoms with Crippen LogP contribution in [0.15, 0.2) is 121 Å². The van der Waals surface area contributed by atoms with Gasteiger partial charge in [-0.2, -0.15) is 10.2 Å². The maximum absolute atomic E-state index is 5.70. The number of nitrogens with zero attached hydrogens (tertiary/aromatic N) is 6. The second-order valence-electron chi connectivity index (χ2n) is 14.9. The van der Waals surface area contributed by atoms with Crippen LogP contribution in [0.25, 0.3) is 40.6 Å². The van der Waals surface area contributed by atoms with Crippen LogP contribution in [-0.4, -0.2) is 91.8 Å². The molecule has 56 heavy (non-hydrogen) atoms. The van der Waals surface area contributed by atoms with E-state index in [9.17, 15) is 0 Å². The fourth-order valence-corrected chi connectivity index (χ4v) is 11.0. The molecule has 6 heterocycles. The van der Waals surface area contributed by atoms with E-state index in [0.717, 1.165) is 94.3 Å². The SMILES string of the molecule is C1=CC(c2[nH]nc3c2sc2ccccc23)(c2[nH]nc3c2sc2ccccc23)CC=C1C(NCc1ccccc1)N(CCCn1ccnc1)CCN1CCOCC1. The molecule has 1 unspecified atom stereocenters. The quantitative estimate of drug-likeness (QED) is 0.0960. The van der Waals surface area contributed by atoms with Gasteiger partial charge in [0.2, 0.25) is 0 Å². The van der Waals surface area contributed by atoms with Crippen molar-refractivity contribution in [2.45, 2.75) is 37.5 Å². The number of aromatic amines is 2. The molecule has 0 radical (unpaired) electrons. The average Bonchev–Trinajstić information content (AvgIpc) is 4.09. The second kappa shape index (κ2) is 15.5. The van der Waals surface area contributed by atoms with Crippen LogP contribution >= 0.6 is 22.7 Å². The largest absolute Gasteiger partial charge is 0.379 e. The molecule has 0 amide bonds. The highest BCUT2D eigenvalue weighted by Crippen LogP contribution is 2.49. The van der Waals surface area contributed by atoms with Crippen molar-refractivity contribution in [1.82, 2.24) is 45.1 Å². The van der Waals surface area contributed by atoms with Gasteiger partial charge in [-0.3, -0.25) is 25.3 Å². The molecule has 8 aromatic rings. The topological polar surface area (TPSA) is 103 Å². The Labute approximate surface area is 333 Å². The number of ether oxygens (including phenoxy) is 1. The Kier molecular flexibility index (Phi) is 9.84. The molecule has 0 spiro atoms. The summed E-state index contributed by atoms with van der Waals surface area (Å²) in [5.41, 5.74) is 6.31. The molecule has 1 fully saturated rings. The number of aryl methyl sites for hydroxylation is 1. The number of hydrogen-bond acceptors (Lipinski definition) is 9. The van der Waals surface area contributed by atoms with Crippen molar-refractivity contribution < 1.29 is 4.74 Å². The molecule has 3 aromatic carbocycles. The summed E-state index contributed by atoms with van der Waals surface area (Å²) >= 11 is 3.64. The molecule has 1 atom stereocenters. The van der Waals surface area contributed by atoms with Crippen molar-refractivity contribution in [3.63, 3.8) is 0 Å². The summed E-state index contributed by atoms with van der Waals surface area (Å²) in [7, 11) is 0. The molecule has 0 saturated carbocycles. The van der Waals surface area contributed by atoms with Gasteiger partial charge in [0.1, 0.15) is 11.0 Å². The summed E-state index contributed by atoms with van der Waals surface area (Å²) in [5.74, 6) is 0. The van der Waals surface area contributed by atoms with Crippen LogP contribution in [0.1, 0.15) is 29.8 Å². The third kappa shape index (κ3) is 6.70. The molecule has 5 aromatic heterocycles. The second-order valence-corrected chi connectivity index (χ2v) is 17.0. The van der Waals surface area contributed by atoms with E-state index in [1.165, 1.54) is 40.7 Å². The molecule has 10 rings (SSSR count). The van der Waals surface area contributed by atoms with Gasteiger partial charge in [-0.05, 0) is 36.1 Å². The first-order chi connectivity index (χ1) is 27.7. The third-order valence-corrected chi connectivity index (χ3v) is 13.9. The van der Waals surface area contributed by atoms with Crippen molar-refractivity contribution in [3.05, 3.63) is 138 Å². The number of imidazole rings is 1. The molecule has 10 nitrogen and oxygen atoms in total. The van der Waals surface area contributed by atoms with Crippen molar-refractivity contribution in [3.8, 4) is 0 Å². The van der Waals surface area contributed by atoms with Gasteiger partial charge in [-0.15, -0.1) is 22.7 Å². The lowest BCUT2D eigenvalue weighted by Crippen LogP contribution is -2.51. The number of thiophene rings is 2. The Morgan fingerprint density at radius 1 is 0.821 bits per heavy atom. The lowest BCUT2D eigenvalue weighted by atomic mass is 9.74. The van der Waals surface area contributed by atoms with Crippen molar-refractivity contribution in [2.75, 3.05) is 45.9 Å². The van der Waals surface area contributed by atoms with Crippen LogP contribution in [0.2, 0.25) is 0 Å². The molecule has 284 valence electrons. The Bertz CT molecular complexity index is 2520. The van der Waals surface area contributed by atoms with Gasteiger partial charge in [0.05, 0.1) is 51.9 Å². The first-order valence-electron chi connectivity index (χ1n) is 19.6. The highest BCUT2D eigenvalue weighted by Gasteiger charge is 2.41. The van der Waals surface area contributed by atoms with E-state index in [4.69, 9.17) is 14.9 Å². The van der Waals surface area contributed by atoms with Crippen LogP contribution in [0.3, 0.4) is 0 Å².